The molecule has 4 rings (SSSR count). The van der Waals surface area contributed by atoms with Gasteiger partial charge in [0, 0.05) is 31.4 Å². The number of carbonyl (C=O) groups excluding carboxylic acids is 1. The normalized spacial score (nSPS) is 20.4. The fraction of sp³-hybridized carbons (Fsp3) is 0.556. The number of aromatic nitrogens is 1. The number of ether oxygens (including phenoxy) is 1. The lowest BCUT2D eigenvalue weighted by molar-refractivity contribution is 0.0473. The first-order valence-electron chi connectivity index (χ1n) is 12.3. The van der Waals surface area contributed by atoms with Gasteiger partial charge in [0.05, 0.1) is 24.0 Å². The molecule has 1 aromatic carbocycles. The van der Waals surface area contributed by atoms with Crippen LogP contribution in [0.1, 0.15) is 49.9 Å². The fourth-order valence-electron chi connectivity index (χ4n) is 4.79. The van der Waals surface area contributed by atoms with Crippen LogP contribution in [0, 0.1) is 5.92 Å². The monoisotopic (exact) mass is 469 g/mol. The quantitative estimate of drug-likeness (QED) is 0.659. The van der Waals surface area contributed by atoms with E-state index in [2.05, 4.69) is 9.88 Å². The molecule has 1 atom stereocenters. The Balaban J connectivity index is 1.26. The van der Waals surface area contributed by atoms with E-state index in [0.29, 0.717) is 37.7 Å². The largest absolute Gasteiger partial charge is 0.493 e. The van der Waals surface area contributed by atoms with Crippen molar-refractivity contribution in [1.29, 1.82) is 0 Å². The highest BCUT2D eigenvalue weighted by Gasteiger charge is 2.26. The Morgan fingerprint density at radius 3 is 2.47 bits per heavy atom. The van der Waals surface area contributed by atoms with Gasteiger partial charge < -0.3 is 19.6 Å². The summed E-state index contributed by atoms with van der Waals surface area (Å²) in [5.74, 6) is 1.23. The van der Waals surface area contributed by atoms with Crippen molar-refractivity contribution in [2.24, 2.45) is 5.92 Å². The van der Waals surface area contributed by atoms with Crippen LogP contribution in [-0.4, -0.2) is 76.9 Å². The molecule has 2 aliphatic heterocycles. The van der Waals surface area contributed by atoms with Gasteiger partial charge in [-0.25, -0.2) is 4.39 Å². The maximum absolute atomic E-state index is 13.8. The summed E-state index contributed by atoms with van der Waals surface area (Å²) >= 11 is 0. The first-order chi connectivity index (χ1) is 16.3. The smallest absolute Gasteiger partial charge is 0.255 e. The lowest BCUT2D eigenvalue weighted by atomic mass is 9.97. The number of nitrogens with zero attached hydrogens (tertiary/aromatic N) is 3. The average molecular weight is 470 g/mol. The number of aliphatic hydroxyl groups excluding tert-OH is 1. The predicted octanol–water partition coefficient (Wildman–Crippen LogP) is 4.18. The zero-order chi connectivity index (χ0) is 24.1. The molecule has 2 aliphatic rings. The van der Waals surface area contributed by atoms with E-state index < -0.39 is 11.8 Å². The number of pyridine rings is 1. The number of piperidine rings is 2. The number of hydrogen-bond donors (Lipinski definition) is 1. The van der Waals surface area contributed by atoms with Gasteiger partial charge >= 0.3 is 0 Å². The average Bonchev–Trinajstić information content (AvgIpc) is 2.83. The number of aliphatic hydroxyl groups is 1. The van der Waals surface area contributed by atoms with Crippen LogP contribution < -0.4 is 4.74 Å². The summed E-state index contributed by atoms with van der Waals surface area (Å²) in [6, 6.07) is 11.5. The summed E-state index contributed by atoms with van der Waals surface area (Å²) in [6.45, 7) is 7.34. The summed E-state index contributed by atoms with van der Waals surface area (Å²) in [7, 11) is 0. The number of rotatable bonds is 7. The summed E-state index contributed by atoms with van der Waals surface area (Å²) in [4.78, 5) is 21.0. The van der Waals surface area contributed by atoms with Crippen LogP contribution in [-0.2, 0) is 0 Å². The Morgan fingerprint density at radius 2 is 1.85 bits per heavy atom. The number of hydrogen-bond acceptors (Lipinski definition) is 5. The Morgan fingerprint density at radius 1 is 1.12 bits per heavy atom. The summed E-state index contributed by atoms with van der Waals surface area (Å²) in [5, 5.41) is 9.82. The van der Waals surface area contributed by atoms with Gasteiger partial charge in [-0.05, 0) is 94.9 Å². The van der Waals surface area contributed by atoms with E-state index >= 15 is 0 Å². The lowest BCUT2D eigenvalue weighted by Gasteiger charge is -2.34. The molecule has 3 heterocycles. The van der Waals surface area contributed by atoms with Crippen molar-refractivity contribution in [2.45, 2.75) is 51.3 Å². The van der Waals surface area contributed by atoms with Crippen molar-refractivity contribution in [3.8, 4) is 17.0 Å². The molecule has 1 amide bonds. The van der Waals surface area contributed by atoms with Crippen LogP contribution >= 0.6 is 0 Å². The number of β-amino-alcohol motifs (C(OH)–C–C–N with tert-alkyl or cyclic N) is 1. The third-order valence-corrected chi connectivity index (χ3v) is 6.64. The van der Waals surface area contributed by atoms with Crippen LogP contribution in [0.2, 0.25) is 0 Å². The number of alkyl halides is 1. The van der Waals surface area contributed by atoms with E-state index in [1.165, 1.54) is 0 Å². The first-order valence-corrected chi connectivity index (χ1v) is 12.3. The van der Waals surface area contributed by atoms with Crippen LogP contribution in [0.15, 0.2) is 42.6 Å². The van der Waals surface area contributed by atoms with Gasteiger partial charge in [-0.15, -0.1) is 0 Å². The maximum Gasteiger partial charge on any atom is 0.255 e. The minimum atomic E-state index is -1.15. The van der Waals surface area contributed by atoms with Gasteiger partial charge in [0.1, 0.15) is 11.4 Å². The number of benzene rings is 1. The Kier molecular flexibility index (Phi) is 7.84. The molecule has 7 heteroatoms. The third-order valence-electron chi connectivity index (χ3n) is 6.64. The van der Waals surface area contributed by atoms with Crippen LogP contribution in [0.3, 0.4) is 0 Å². The number of carbonyl (C=O) groups is 1. The summed E-state index contributed by atoms with van der Waals surface area (Å²) in [6.07, 6.45) is 4.80. The van der Waals surface area contributed by atoms with Gasteiger partial charge in [-0.3, -0.25) is 9.78 Å². The first kappa shape index (κ1) is 24.6. The molecule has 1 aromatic heterocycles. The van der Waals surface area contributed by atoms with Crippen molar-refractivity contribution >= 4 is 5.91 Å². The Labute approximate surface area is 201 Å². The second-order valence-corrected chi connectivity index (χ2v) is 10.3. The second kappa shape index (κ2) is 10.8. The molecule has 184 valence electrons. The highest BCUT2D eigenvalue weighted by Crippen LogP contribution is 2.24. The second-order valence-electron chi connectivity index (χ2n) is 10.3. The third kappa shape index (κ3) is 6.76. The number of halogens is 1. The van der Waals surface area contributed by atoms with Crippen molar-refractivity contribution in [2.75, 3.05) is 39.3 Å². The van der Waals surface area contributed by atoms with Gasteiger partial charge in [0.2, 0.25) is 0 Å². The minimum Gasteiger partial charge on any atom is -0.493 e. The van der Waals surface area contributed by atoms with Crippen LogP contribution in [0.25, 0.3) is 11.3 Å². The van der Waals surface area contributed by atoms with Crippen molar-refractivity contribution in [3.63, 3.8) is 0 Å². The molecule has 1 unspecified atom stereocenters. The molecule has 1 N–H and O–H groups in total. The van der Waals surface area contributed by atoms with Gasteiger partial charge in [-0.1, -0.05) is 0 Å². The molecule has 2 fully saturated rings. The zero-order valence-electron chi connectivity index (χ0n) is 20.3. The zero-order valence-corrected chi connectivity index (χ0v) is 20.3. The van der Waals surface area contributed by atoms with E-state index in [0.717, 1.165) is 55.8 Å². The van der Waals surface area contributed by atoms with E-state index in [1.807, 2.05) is 30.3 Å². The maximum atomic E-state index is 13.8. The van der Waals surface area contributed by atoms with E-state index in [1.54, 1.807) is 31.0 Å². The number of amides is 1. The van der Waals surface area contributed by atoms with Crippen LogP contribution in [0.4, 0.5) is 4.39 Å². The standard InChI is InChI=1S/C27H36FN3O3/c1-27(2,28)19-30-14-11-20(12-15-30)18-34-24-8-5-21(6-9-24)25-10-7-22(16-29-25)26(33)31-13-3-4-23(32)17-31/h5-10,16,20,23,32H,3-4,11-15,17-19H2,1-2H3. The molecule has 0 aliphatic carbocycles. The summed E-state index contributed by atoms with van der Waals surface area (Å²) in [5.41, 5.74) is 1.15. The molecule has 0 bridgehead atoms. The molecule has 0 radical (unpaired) electrons. The van der Waals surface area contributed by atoms with Gasteiger partial charge in [0.15, 0.2) is 0 Å². The van der Waals surface area contributed by atoms with Crippen molar-refractivity contribution in [3.05, 3.63) is 48.2 Å². The lowest BCUT2D eigenvalue weighted by Crippen LogP contribution is -2.42. The topological polar surface area (TPSA) is 65.9 Å². The highest BCUT2D eigenvalue weighted by molar-refractivity contribution is 5.94. The van der Waals surface area contributed by atoms with Crippen molar-refractivity contribution < 1.29 is 19.0 Å². The van der Waals surface area contributed by atoms with E-state index in [4.69, 9.17) is 4.74 Å². The van der Waals surface area contributed by atoms with E-state index in [-0.39, 0.29) is 5.91 Å². The van der Waals surface area contributed by atoms with Gasteiger partial charge in [0.25, 0.3) is 5.91 Å². The molecule has 2 saturated heterocycles. The minimum absolute atomic E-state index is 0.0826. The summed E-state index contributed by atoms with van der Waals surface area (Å²) < 4.78 is 19.9. The SMILES string of the molecule is CC(C)(F)CN1CCC(COc2ccc(-c3ccc(C(=O)N4CCCC(O)C4)cn3)cc2)CC1. The van der Waals surface area contributed by atoms with Crippen LogP contribution in [0.5, 0.6) is 5.75 Å². The molecular formula is C27H36FN3O3. The fourth-order valence-corrected chi connectivity index (χ4v) is 4.79. The Hall–Kier alpha value is -2.51. The Bertz CT molecular complexity index is 935. The molecule has 34 heavy (non-hydrogen) atoms. The molecule has 0 spiro atoms. The molecule has 0 saturated carbocycles. The number of likely N-dealkylation sites (tertiary alicyclic amines) is 2. The molecular weight excluding hydrogens is 433 g/mol. The highest BCUT2D eigenvalue weighted by atomic mass is 19.1. The predicted molar refractivity (Wildman–Crippen MR) is 131 cm³/mol. The van der Waals surface area contributed by atoms with Gasteiger partial charge in [-0.2, -0.15) is 0 Å². The molecule has 6 nitrogen and oxygen atoms in total. The molecule has 2 aromatic rings. The van der Waals surface area contributed by atoms with Crippen molar-refractivity contribution in [1.82, 2.24) is 14.8 Å². The van der Waals surface area contributed by atoms with E-state index in [9.17, 15) is 14.3 Å².